The average molecular weight is 266 g/mol. The van der Waals surface area contributed by atoms with Crippen LogP contribution in [0.4, 0.5) is 0 Å². The van der Waals surface area contributed by atoms with E-state index in [2.05, 4.69) is 12.8 Å². The van der Waals surface area contributed by atoms with Crippen molar-refractivity contribution < 1.29 is 9.47 Å². The van der Waals surface area contributed by atoms with Gasteiger partial charge in [0.1, 0.15) is 0 Å². The molecule has 1 rings (SSSR count). The van der Waals surface area contributed by atoms with E-state index in [1.165, 1.54) is 38.5 Å². The molecule has 0 amide bonds. The maximum absolute atomic E-state index is 5.87. The molecule has 0 aromatic carbocycles. The van der Waals surface area contributed by atoms with E-state index >= 15 is 0 Å². The standard InChI is InChI=1S/C17H30O2/c1-3-5-7-8-9-11-13-17-16(12-10-6-4-2)18-14-15-19-17/h2,16-17H,3,5-15H2,1H3. The molecule has 0 saturated carbocycles. The molecular formula is C17H30O2. The van der Waals surface area contributed by atoms with Crippen molar-refractivity contribution in [2.24, 2.45) is 0 Å². The minimum Gasteiger partial charge on any atom is -0.373 e. The Bertz CT molecular complexity index is 244. The van der Waals surface area contributed by atoms with Crippen LogP contribution >= 0.6 is 0 Å². The number of ether oxygens (including phenoxy) is 2. The van der Waals surface area contributed by atoms with Crippen molar-refractivity contribution in [1.29, 1.82) is 0 Å². The number of hydrogen-bond donors (Lipinski definition) is 0. The summed E-state index contributed by atoms with van der Waals surface area (Å²) in [5, 5.41) is 0. The quantitative estimate of drug-likeness (QED) is 0.433. The number of unbranched alkanes of at least 4 members (excludes halogenated alkanes) is 6. The highest BCUT2D eigenvalue weighted by Gasteiger charge is 2.25. The Morgan fingerprint density at radius 1 is 0.895 bits per heavy atom. The third-order valence-corrected chi connectivity index (χ3v) is 3.81. The Balaban J connectivity index is 2.11. The van der Waals surface area contributed by atoms with E-state index in [-0.39, 0.29) is 6.10 Å². The van der Waals surface area contributed by atoms with E-state index in [0.29, 0.717) is 6.10 Å². The third-order valence-electron chi connectivity index (χ3n) is 3.81. The number of terminal acetylenes is 1. The summed E-state index contributed by atoms with van der Waals surface area (Å²) in [6.45, 7) is 3.76. The van der Waals surface area contributed by atoms with Gasteiger partial charge in [0, 0.05) is 6.42 Å². The van der Waals surface area contributed by atoms with Gasteiger partial charge in [-0.25, -0.2) is 0 Å². The first-order valence-electron chi connectivity index (χ1n) is 8.05. The van der Waals surface area contributed by atoms with E-state index in [0.717, 1.165) is 38.9 Å². The van der Waals surface area contributed by atoms with Crippen molar-refractivity contribution >= 4 is 0 Å². The van der Waals surface area contributed by atoms with Crippen LogP contribution in [0.5, 0.6) is 0 Å². The molecule has 1 saturated heterocycles. The maximum Gasteiger partial charge on any atom is 0.0838 e. The van der Waals surface area contributed by atoms with Gasteiger partial charge in [-0.1, -0.05) is 45.4 Å². The van der Waals surface area contributed by atoms with E-state index in [4.69, 9.17) is 15.9 Å². The lowest BCUT2D eigenvalue weighted by atomic mass is 9.99. The molecule has 0 aromatic heterocycles. The topological polar surface area (TPSA) is 18.5 Å². The second-order valence-corrected chi connectivity index (χ2v) is 5.47. The molecule has 110 valence electrons. The van der Waals surface area contributed by atoms with Crippen LogP contribution < -0.4 is 0 Å². The normalized spacial score (nSPS) is 23.2. The molecule has 0 radical (unpaired) electrons. The van der Waals surface area contributed by atoms with Crippen LogP contribution in [0.3, 0.4) is 0 Å². The van der Waals surface area contributed by atoms with Crippen LogP contribution in [0.2, 0.25) is 0 Å². The summed E-state index contributed by atoms with van der Waals surface area (Å²) >= 11 is 0. The van der Waals surface area contributed by atoms with Gasteiger partial charge in [0.05, 0.1) is 25.4 Å². The summed E-state index contributed by atoms with van der Waals surface area (Å²) in [6, 6.07) is 0. The largest absolute Gasteiger partial charge is 0.373 e. The summed E-state index contributed by atoms with van der Waals surface area (Å²) in [6.07, 6.45) is 18.0. The van der Waals surface area contributed by atoms with E-state index < -0.39 is 0 Å². The van der Waals surface area contributed by atoms with Crippen LogP contribution in [0.25, 0.3) is 0 Å². The Morgan fingerprint density at radius 3 is 2.11 bits per heavy atom. The van der Waals surface area contributed by atoms with E-state index in [1.54, 1.807) is 0 Å². The Hall–Kier alpha value is -0.520. The lowest BCUT2D eigenvalue weighted by molar-refractivity contribution is -0.144. The molecule has 2 nitrogen and oxygen atoms in total. The summed E-state index contributed by atoms with van der Waals surface area (Å²) in [5.41, 5.74) is 0. The van der Waals surface area contributed by atoms with Gasteiger partial charge < -0.3 is 9.47 Å². The van der Waals surface area contributed by atoms with Gasteiger partial charge in [-0.3, -0.25) is 0 Å². The fourth-order valence-electron chi connectivity index (χ4n) is 2.68. The van der Waals surface area contributed by atoms with Crippen molar-refractivity contribution in [2.45, 2.75) is 83.3 Å². The van der Waals surface area contributed by atoms with Gasteiger partial charge in [0.25, 0.3) is 0 Å². The predicted octanol–water partition coefficient (Wildman–Crippen LogP) is 4.32. The molecule has 0 aromatic rings. The molecule has 1 aliphatic heterocycles. The Labute approximate surface area is 119 Å². The first-order valence-corrected chi connectivity index (χ1v) is 8.05. The average Bonchev–Trinajstić information content (AvgIpc) is 2.44. The molecular weight excluding hydrogens is 236 g/mol. The van der Waals surface area contributed by atoms with Gasteiger partial charge in [-0.2, -0.15) is 0 Å². The molecule has 2 heteroatoms. The first kappa shape index (κ1) is 16.5. The smallest absolute Gasteiger partial charge is 0.0838 e. The van der Waals surface area contributed by atoms with Gasteiger partial charge in [-0.15, -0.1) is 12.3 Å². The second-order valence-electron chi connectivity index (χ2n) is 5.47. The minimum absolute atomic E-state index is 0.276. The van der Waals surface area contributed by atoms with E-state index in [1.807, 2.05) is 0 Å². The first-order chi connectivity index (χ1) is 9.38. The van der Waals surface area contributed by atoms with Crippen LogP contribution in [-0.4, -0.2) is 25.4 Å². The van der Waals surface area contributed by atoms with Gasteiger partial charge in [-0.05, 0) is 19.3 Å². The molecule has 1 fully saturated rings. The molecule has 19 heavy (non-hydrogen) atoms. The van der Waals surface area contributed by atoms with Crippen molar-refractivity contribution in [1.82, 2.24) is 0 Å². The predicted molar refractivity (Wildman–Crippen MR) is 80.2 cm³/mol. The van der Waals surface area contributed by atoms with Crippen LogP contribution in [0.15, 0.2) is 0 Å². The summed E-state index contributed by atoms with van der Waals surface area (Å²) in [5.74, 6) is 2.70. The molecule has 0 bridgehead atoms. The Kier molecular flexibility index (Phi) is 9.85. The molecule has 0 N–H and O–H groups in total. The highest BCUT2D eigenvalue weighted by Crippen LogP contribution is 2.21. The zero-order chi connectivity index (χ0) is 13.8. The number of hydrogen-bond acceptors (Lipinski definition) is 2. The molecule has 1 heterocycles. The molecule has 1 aliphatic rings. The van der Waals surface area contributed by atoms with Crippen molar-refractivity contribution in [3.8, 4) is 12.3 Å². The van der Waals surface area contributed by atoms with Crippen molar-refractivity contribution in [2.75, 3.05) is 13.2 Å². The number of rotatable bonds is 10. The summed E-state index contributed by atoms with van der Waals surface area (Å²) < 4.78 is 11.7. The SMILES string of the molecule is C#CCCCC1OCCOC1CCCCCCCC. The minimum atomic E-state index is 0.276. The van der Waals surface area contributed by atoms with Crippen LogP contribution in [0.1, 0.15) is 71.1 Å². The lowest BCUT2D eigenvalue weighted by Gasteiger charge is -2.32. The highest BCUT2D eigenvalue weighted by molar-refractivity contribution is 4.84. The second kappa shape index (κ2) is 11.3. The van der Waals surface area contributed by atoms with Crippen molar-refractivity contribution in [3.63, 3.8) is 0 Å². The summed E-state index contributed by atoms with van der Waals surface area (Å²) in [7, 11) is 0. The molecule has 0 spiro atoms. The zero-order valence-corrected chi connectivity index (χ0v) is 12.5. The van der Waals surface area contributed by atoms with E-state index in [9.17, 15) is 0 Å². The van der Waals surface area contributed by atoms with Crippen LogP contribution in [-0.2, 0) is 9.47 Å². The van der Waals surface area contributed by atoms with Gasteiger partial charge >= 0.3 is 0 Å². The molecule has 2 unspecified atom stereocenters. The molecule has 0 aliphatic carbocycles. The van der Waals surface area contributed by atoms with Crippen LogP contribution in [0, 0.1) is 12.3 Å². The fourth-order valence-corrected chi connectivity index (χ4v) is 2.68. The van der Waals surface area contributed by atoms with Gasteiger partial charge in [0.2, 0.25) is 0 Å². The zero-order valence-electron chi connectivity index (χ0n) is 12.5. The maximum atomic E-state index is 5.87. The Morgan fingerprint density at radius 2 is 1.47 bits per heavy atom. The fraction of sp³-hybridized carbons (Fsp3) is 0.882. The van der Waals surface area contributed by atoms with Crippen molar-refractivity contribution in [3.05, 3.63) is 0 Å². The highest BCUT2D eigenvalue weighted by atomic mass is 16.6. The van der Waals surface area contributed by atoms with Gasteiger partial charge in [0.15, 0.2) is 0 Å². The molecule has 2 atom stereocenters. The third kappa shape index (κ3) is 7.60. The monoisotopic (exact) mass is 266 g/mol. The summed E-state index contributed by atoms with van der Waals surface area (Å²) in [4.78, 5) is 0. The lowest BCUT2D eigenvalue weighted by Crippen LogP contribution is -2.38.